The maximum absolute atomic E-state index is 11.8. The van der Waals surface area contributed by atoms with Crippen LogP contribution >= 0.6 is 0 Å². The topological polar surface area (TPSA) is 77.1 Å². The molecule has 2 amide bonds. The predicted molar refractivity (Wildman–Crippen MR) is 85.9 cm³/mol. The molecule has 1 fully saturated rings. The lowest BCUT2D eigenvalue weighted by Crippen LogP contribution is -2.46. The van der Waals surface area contributed by atoms with Gasteiger partial charge in [0, 0.05) is 19.7 Å². The lowest BCUT2D eigenvalue weighted by molar-refractivity contribution is -0.180. The maximum Gasteiger partial charge on any atom is 0.410 e. The van der Waals surface area contributed by atoms with Gasteiger partial charge in [-0.3, -0.25) is 4.79 Å². The molecule has 1 unspecified atom stereocenters. The fraction of sp³-hybridized carbons (Fsp3) is 0.750. The van der Waals surface area contributed by atoms with E-state index in [1.165, 1.54) is 11.0 Å². The summed E-state index contributed by atoms with van der Waals surface area (Å²) in [5, 5.41) is 2.77. The molecule has 0 aliphatic carbocycles. The normalized spacial score (nSPS) is 22.6. The average molecular weight is 328 g/mol. The fourth-order valence-corrected chi connectivity index (χ4v) is 1.93. The SMILES string of the molecule is CCCCN(C)C(=O)OC(C)C=CC(=O)NC1COC(C)OC1. The highest BCUT2D eigenvalue weighted by Gasteiger charge is 2.20. The Morgan fingerprint density at radius 3 is 2.65 bits per heavy atom. The van der Waals surface area contributed by atoms with Gasteiger partial charge in [-0.25, -0.2) is 4.79 Å². The van der Waals surface area contributed by atoms with Crippen molar-refractivity contribution in [3.05, 3.63) is 12.2 Å². The number of nitrogens with one attached hydrogen (secondary N) is 1. The van der Waals surface area contributed by atoms with Gasteiger partial charge in [-0.05, 0) is 26.3 Å². The first kappa shape index (κ1) is 19.4. The molecule has 1 heterocycles. The number of ether oxygens (including phenoxy) is 3. The summed E-state index contributed by atoms with van der Waals surface area (Å²) in [4.78, 5) is 25.1. The van der Waals surface area contributed by atoms with Crippen LogP contribution in [-0.4, -0.2) is 62.1 Å². The van der Waals surface area contributed by atoms with Gasteiger partial charge in [-0.15, -0.1) is 0 Å². The molecule has 0 bridgehead atoms. The summed E-state index contributed by atoms with van der Waals surface area (Å²) in [6.07, 6.45) is 3.76. The lowest BCUT2D eigenvalue weighted by atomic mass is 10.3. The van der Waals surface area contributed by atoms with Gasteiger partial charge in [-0.2, -0.15) is 0 Å². The minimum atomic E-state index is -0.476. The van der Waals surface area contributed by atoms with Crippen LogP contribution in [0, 0.1) is 0 Å². The summed E-state index contributed by atoms with van der Waals surface area (Å²) in [6, 6.07) is -0.165. The molecule has 1 aliphatic heterocycles. The molecule has 1 atom stereocenters. The van der Waals surface area contributed by atoms with E-state index < -0.39 is 6.10 Å². The van der Waals surface area contributed by atoms with Gasteiger partial charge in [0.25, 0.3) is 0 Å². The Kier molecular flexibility index (Phi) is 8.65. The van der Waals surface area contributed by atoms with Crippen LogP contribution in [0.4, 0.5) is 4.79 Å². The first-order valence-electron chi connectivity index (χ1n) is 8.06. The van der Waals surface area contributed by atoms with Crippen molar-refractivity contribution in [2.45, 2.75) is 52.0 Å². The minimum absolute atomic E-state index is 0.165. The maximum atomic E-state index is 11.8. The van der Waals surface area contributed by atoms with Crippen LogP contribution in [0.1, 0.15) is 33.6 Å². The van der Waals surface area contributed by atoms with E-state index in [0.29, 0.717) is 19.8 Å². The van der Waals surface area contributed by atoms with E-state index in [0.717, 1.165) is 12.8 Å². The average Bonchev–Trinajstić information content (AvgIpc) is 2.52. The van der Waals surface area contributed by atoms with E-state index in [-0.39, 0.29) is 24.3 Å². The molecule has 0 radical (unpaired) electrons. The number of amides is 2. The van der Waals surface area contributed by atoms with Crippen LogP contribution in [0.5, 0.6) is 0 Å². The van der Waals surface area contributed by atoms with Crippen molar-refractivity contribution < 1.29 is 23.8 Å². The van der Waals surface area contributed by atoms with Crippen molar-refractivity contribution in [1.29, 1.82) is 0 Å². The highest BCUT2D eigenvalue weighted by atomic mass is 16.7. The molecule has 0 aromatic heterocycles. The molecular weight excluding hydrogens is 300 g/mol. The molecule has 1 saturated heterocycles. The largest absolute Gasteiger partial charge is 0.442 e. The Morgan fingerprint density at radius 1 is 1.39 bits per heavy atom. The van der Waals surface area contributed by atoms with Crippen LogP contribution in [-0.2, 0) is 19.0 Å². The second-order valence-corrected chi connectivity index (χ2v) is 5.66. The molecule has 0 aromatic carbocycles. The molecule has 1 aliphatic rings. The van der Waals surface area contributed by atoms with Crippen molar-refractivity contribution in [3.63, 3.8) is 0 Å². The highest BCUT2D eigenvalue weighted by molar-refractivity contribution is 5.87. The summed E-state index contributed by atoms with van der Waals surface area (Å²) < 4.78 is 15.8. The number of unbranched alkanes of at least 4 members (excludes halogenated alkanes) is 1. The molecule has 7 nitrogen and oxygen atoms in total. The Bertz CT molecular complexity index is 405. The monoisotopic (exact) mass is 328 g/mol. The quantitative estimate of drug-likeness (QED) is 0.720. The number of hydrogen-bond acceptors (Lipinski definition) is 5. The summed E-state index contributed by atoms with van der Waals surface area (Å²) in [7, 11) is 1.70. The summed E-state index contributed by atoms with van der Waals surface area (Å²) in [5.74, 6) is -0.265. The molecule has 1 N–H and O–H groups in total. The van der Waals surface area contributed by atoms with Crippen LogP contribution < -0.4 is 5.32 Å². The number of rotatable bonds is 7. The number of carbonyl (C=O) groups excluding carboxylic acids is 2. The van der Waals surface area contributed by atoms with E-state index in [9.17, 15) is 9.59 Å². The third-order valence-corrected chi connectivity index (χ3v) is 3.37. The van der Waals surface area contributed by atoms with Crippen LogP contribution in [0.15, 0.2) is 12.2 Å². The number of hydrogen-bond donors (Lipinski definition) is 1. The summed E-state index contributed by atoms with van der Waals surface area (Å²) in [5.41, 5.74) is 0. The lowest BCUT2D eigenvalue weighted by Gasteiger charge is -2.27. The van der Waals surface area contributed by atoms with E-state index in [1.54, 1.807) is 20.0 Å². The van der Waals surface area contributed by atoms with E-state index in [4.69, 9.17) is 14.2 Å². The third kappa shape index (κ3) is 7.99. The summed E-state index contributed by atoms with van der Waals surface area (Å²) >= 11 is 0. The molecule has 7 heteroatoms. The first-order valence-corrected chi connectivity index (χ1v) is 8.06. The van der Waals surface area contributed by atoms with Crippen molar-refractivity contribution in [3.8, 4) is 0 Å². The second kappa shape index (κ2) is 10.2. The fourth-order valence-electron chi connectivity index (χ4n) is 1.93. The van der Waals surface area contributed by atoms with Crippen LogP contribution in [0.25, 0.3) is 0 Å². The van der Waals surface area contributed by atoms with Gasteiger partial charge in [0.1, 0.15) is 6.10 Å². The smallest absolute Gasteiger partial charge is 0.410 e. The molecular formula is C16H28N2O5. The highest BCUT2D eigenvalue weighted by Crippen LogP contribution is 2.05. The van der Waals surface area contributed by atoms with Gasteiger partial charge in [0.15, 0.2) is 6.29 Å². The van der Waals surface area contributed by atoms with Crippen molar-refractivity contribution in [2.75, 3.05) is 26.8 Å². The van der Waals surface area contributed by atoms with E-state index in [1.807, 2.05) is 6.92 Å². The zero-order valence-electron chi connectivity index (χ0n) is 14.4. The van der Waals surface area contributed by atoms with Gasteiger partial charge in [0.2, 0.25) is 5.91 Å². The van der Waals surface area contributed by atoms with Gasteiger partial charge < -0.3 is 24.4 Å². The molecule has 0 saturated carbocycles. The molecule has 0 aromatic rings. The standard InChI is InChI=1S/C16H28N2O5/c1-5-6-9-18(4)16(20)23-12(2)7-8-15(19)17-14-10-21-13(3)22-11-14/h7-8,12-14H,5-6,9-11H2,1-4H3,(H,17,19). The van der Waals surface area contributed by atoms with Crippen LogP contribution in [0.2, 0.25) is 0 Å². The van der Waals surface area contributed by atoms with E-state index >= 15 is 0 Å². The Balaban J connectivity index is 2.29. The van der Waals surface area contributed by atoms with Crippen molar-refractivity contribution in [2.24, 2.45) is 0 Å². The second-order valence-electron chi connectivity index (χ2n) is 5.66. The van der Waals surface area contributed by atoms with Crippen LogP contribution in [0.3, 0.4) is 0 Å². The molecule has 23 heavy (non-hydrogen) atoms. The van der Waals surface area contributed by atoms with Crippen molar-refractivity contribution in [1.82, 2.24) is 10.2 Å². The zero-order valence-corrected chi connectivity index (χ0v) is 14.4. The van der Waals surface area contributed by atoms with Gasteiger partial charge >= 0.3 is 6.09 Å². The Hall–Kier alpha value is -1.60. The predicted octanol–water partition coefficient (Wildman–Crippen LogP) is 1.68. The van der Waals surface area contributed by atoms with Gasteiger partial charge in [0.05, 0.1) is 19.3 Å². The molecule has 1 rings (SSSR count). The molecule has 0 spiro atoms. The Morgan fingerprint density at radius 2 is 2.04 bits per heavy atom. The zero-order chi connectivity index (χ0) is 17.2. The molecule has 132 valence electrons. The first-order chi connectivity index (χ1) is 10.9. The number of nitrogens with zero attached hydrogens (tertiary/aromatic N) is 1. The van der Waals surface area contributed by atoms with E-state index in [2.05, 4.69) is 12.2 Å². The summed E-state index contributed by atoms with van der Waals surface area (Å²) in [6.45, 7) is 7.09. The Labute approximate surface area is 137 Å². The number of carbonyl (C=O) groups is 2. The third-order valence-electron chi connectivity index (χ3n) is 3.37. The van der Waals surface area contributed by atoms with Gasteiger partial charge in [-0.1, -0.05) is 13.3 Å². The van der Waals surface area contributed by atoms with Crippen molar-refractivity contribution >= 4 is 12.0 Å². The minimum Gasteiger partial charge on any atom is -0.442 e.